The van der Waals surface area contributed by atoms with Gasteiger partial charge in [0.2, 0.25) is 11.6 Å². The fourth-order valence-corrected chi connectivity index (χ4v) is 7.44. The van der Waals surface area contributed by atoms with E-state index in [1.54, 1.807) is 0 Å². The first-order valence-corrected chi connectivity index (χ1v) is 14.9. The summed E-state index contributed by atoms with van der Waals surface area (Å²) in [6.07, 6.45) is 0. The number of para-hydroxylation sites is 6. The predicted octanol–water partition coefficient (Wildman–Crippen LogP) is 8.90. The summed E-state index contributed by atoms with van der Waals surface area (Å²) in [5.41, 5.74) is 13.4. The summed E-state index contributed by atoms with van der Waals surface area (Å²) in [6.45, 7) is 0. The SMILES string of the molecule is c1ccc2c(c1)nc1n2c2cc(-c3ccc(-n4c5ccccc5c5ccccc54)cc3)cc3c2n1c1nc2ccccc2n31. The lowest BCUT2D eigenvalue weighted by Gasteiger charge is -2.10. The highest BCUT2D eigenvalue weighted by Crippen LogP contribution is 2.38. The van der Waals surface area contributed by atoms with E-state index in [1.807, 2.05) is 12.1 Å². The third-order valence-corrected chi connectivity index (χ3v) is 9.30. The molecule has 0 saturated heterocycles. The maximum Gasteiger partial charge on any atom is 0.223 e. The highest BCUT2D eigenvalue weighted by molar-refractivity contribution is 6.09. The van der Waals surface area contributed by atoms with Gasteiger partial charge in [-0.2, -0.15) is 0 Å². The third kappa shape index (κ3) is 2.67. The van der Waals surface area contributed by atoms with Crippen molar-refractivity contribution in [3.63, 3.8) is 0 Å². The van der Waals surface area contributed by atoms with E-state index in [9.17, 15) is 0 Å². The Morgan fingerprint density at radius 2 is 0.864 bits per heavy atom. The van der Waals surface area contributed by atoms with Gasteiger partial charge in [0.05, 0.1) is 44.1 Å². The minimum Gasteiger partial charge on any atom is -0.309 e. The smallest absolute Gasteiger partial charge is 0.223 e. The van der Waals surface area contributed by atoms with E-state index in [4.69, 9.17) is 9.97 Å². The zero-order valence-corrected chi connectivity index (χ0v) is 23.4. The average molecular weight is 563 g/mol. The van der Waals surface area contributed by atoms with Crippen LogP contribution in [0, 0.1) is 0 Å². The van der Waals surface area contributed by atoms with E-state index < -0.39 is 0 Å². The Balaban J connectivity index is 1.20. The van der Waals surface area contributed by atoms with Gasteiger partial charge in [-0.05, 0) is 71.8 Å². The maximum absolute atomic E-state index is 5.09. The lowest BCUT2D eigenvalue weighted by atomic mass is 10.0. The minimum absolute atomic E-state index is 0.885. The fraction of sp³-hybridized carbons (Fsp3) is 0. The van der Waals surface area contributed by atoms with Crippen molar-refractivity contribution >= 4 is 72.0 Å². The van der Waals surface area contributed by atoms with Crippen molar-refractivity contribution in [2.75, 3.05) is 0 Å². The summed E-state index contributed by atoms with van der Waals surface area (Å²) in [6, 6.07) is 47.6. The van der Waals surface area contributed by atoms with Crippen molar-refractivity contribution < 1.29 is 0 Å². The number of imidazole rings is 4. The van der Waals surface area contributed by atoms with Crippen LogP contribution in [0.15, 0.2) is 133 Å². The van der Waals surface area contributed by atoms with E-state index in [-0.39, 0.29) is 0 Å². The first kappa shape index (κ1) is 22.5. The fourth-order valence-electron chi connectivity index (χ4n) is 7.44. The molecule has 0 bridgehead atoms. The standard InChI is InChI=1S/C38H22N6/c1-5-13-30-26(9-1)27-10-2-6-14-31(27)41(30)25-19-17-23(18-20-25)24-21-34-36-35(22-24)43-33-16-8-4-12-29(33)40-38(43)44(36)37-39-28-11-3-7-15-32(28)42(34)37/h1-22H. The molecule has 0 atom stereocenters. The molecule has 6 heteroatoms. The molecule has 0 N–H and O–H groups in total. The first-order chi connectivity index (χ1) is 21.8. The molecule has 44 heavy (non-hydrogen) atoms. The van der Waals surface area contributed by atoms with Gasteiger partial charge in [0.25, 0.3) is 0 Å². The third-order valence-electron chi connectivity index (χ3n) is 9.30. The molecule has 5 heterocycles. The zero-order valence-electron chi connectivity index (χ0n) is 23.4. The second-order valence-corrected chi connectivity index (χ2v) is 11.6. The maximum atomic E-state index is 5.09. The molecule has 0 spiro atoms. The van der Waals surface area contributed by atoms with Crippen LogP contribution in [-0.4, -0.2) is 27.7 Å². The van der Waals surface area contributed by atoms with E-state index >= 15 is 0 Å². The van der Waals surface area contributed by atoms with E-state index in [2.05, 4.69) is 139 Å². The predicted molar refractivity (Wildman–Crippen MR) is 178 cm³/mol. The monoisotopic (exact) mass is 562 g/mol. The number of benzene rings is 6. The van der Waals surface area contributed by atoms with E-state index in [0.29, 0.717) is 0 Å². The van der Waals surface area contributed by atoms with Crippen LogP contribution in [0.2, 0.25) is 0 Å². The van der Waals surface area contributed by atoms with Crippen molar-refractivity contribution in [3.05, 3.63) is 133 Å². The van der Waals surface area contributed by atoms with Crippen molar-refractivity contribution in [1.82, 2.24) is 27.7 Å². The first-order valence-electron chi connectivity index (χ1n) is 14.9. The van der Waals surface area contributed by atoms with Gasteiger partial charge < -0.3 is 4.57 Å². The van der Waals surface area contributed by atoms with Gasteiger partial charge in [-0.1, -0.05) is 72.8 Å². The molecule has 0 aliphatic heterocycles. The van der Waals surface area contributed by atoms with Crippen LogP contribution >= 0.6 is 0 Å². The Morgan fingerprint density at radius 3 is 1.41 bits per heavy atom. The summed E-state index contributed by atoms with van der Waals surface area (Å²) in [7, 11) is 0. The van der Waals surface area contributed by atoms with E-state index in [0.717, 1.165) is 67.0 Å². The van der Waals surface area contributed by atoms with Crippen molar-refractivity contribution in [1.29, 1.82) is 0 Å². The molecule has 0 fully saturated rings. The number of aromatic nitrogens is 6. The Labute approximate surface area is 249 Å². The normalized spacial score (nSPS) is 12.5. The number of fused-ring (bicyclic) bond motifs is 13. The van der Waals surface area contributed by atoms with Gasteiger partial charge in [-0.25, -0.2) is 14.4 Å². The van der Waals surface area contributed by atoms with Crippen LogP contribution in [0.25, 0.3) is 88.8 Å². The lowest BCUT2D eigenvalue weighted by Crippen LogP contribution is -1.93. The Morgan fingerprint density at radius 1 is 0.386 bits per heavy atom. The summed E-state index contributed by atoms with van der Waals surface area (Å²) in [5.74, 6) is 1.77. The second kappa shape index (κ2) is 7.82. The molecule has 11 rings (SSSR count). The number of hydrogen-bond acceptors (Lipinski definition) is 2. The molecular formula is C38H22N6. The van der Waals surface area contributed by atoms with Crippen molar-refractivity contribution in [3.8, 4) is 16.8 Å². The van der Waals surface area contributed by atoms with E-state index in [1.165, 1.54) is 21.8 Å². The second-order valence-electron chi connectivity index (χ2n) is 11.6. The van der Waals surface area contributed by atoms with Crippen LogP contribution in [-0.2, 0) is 0 Å². The van der Waals surface area contributed by atoms with Gasteiger partial charge in [0.15, 0.2) is 0 Å². The molecule has 0 unspecified atom stereocenters. The number of nitrogens with zero attached hydrogens (tertiary/aromatic N) is 6. The lowest BCUT2D eigenvalue weighted by molar-refractivity contribution is 1.15. The highest BCUT2D eigenvalue weighted by atomic mass is 15.3. The van der Waals surface area contributed by atoms with Crippen LogP contribution < -0.4 is 0 Å². The quantitative estimate of drug-likeness (QED) is 0.211. The van der Waals surface area contributed by atoms with Crippen LogP contribution in [0.5, 0.6) is 0 Å². The Hall–Kier alpha value is -6.14. The minimum atomic E-state index is 0.885. The average Bonchev–Trinajstić information content (AvgIpc) is 3.86. The van der Waals surface area contributed by atoms with Gasteiger partial charge in [0, 0.05) is 16.5 Å². The van der Waals surface area contributed by atoms with Crippen molar-refractivity contribution in [2.45, 2.75) is 0 Å². The van der Waals surface area contributed by atoms with Gasteiger partial charge >= 0.3 is 0 Å². The molecule has 11 aromatic rings. The molecule has 6 aromatic carbocycles. The summed E-state index contributed by atoms with van der Waals surface area (Å²) >= 11 is 0. The summed E-state index contributed by atoms with van der Waals surface area (Å²) in [5, 5.41) is 2.54. The Kier molecular flexibility index (Phi) is 3.99. The molecule has 0 radical (unpaired) electrons. The van der Waals surface area contributed by atoms with Gasteiger partial charge in [0.1, 0.15) is 5.52 Å². The van der Waals surface area contributed by atoms with Crippen LogP contribution in [0.4, 0.5) is 0 Å². The van der Waals surface area contributed by atoms with Gasteiger partial charge in [-0.3, -0.25) is 8.80 Å². The molecule has 204 valence electrons. The topological polar surface area (TPSA) is 43.9 Å². The van der Waals surface area contributed by atoms with Crippen LogP contribution in [0.3, 0.4) is 0 Å². The molecule has 0 aliphatic rings. The molecular weight excluding hydrogens is 540 g/mol. The number of rotatable bonds is 2. The molecule has 0 aliphatic carbocycles. The molecule has 0 saturated carbocycles. The molecule has 0 amide bonds. The van der Waals surface area contributed by atoms with Crippen molar-refractivity contribution in [2.24, 2.45) is 0 Å². The summed E-state index contributed by atoms with van der Waals surface area (Å²) < 4.78 is 9.15. The highest BCUT2D eigenvalue weighted by Gasteiger charge is 2.24. The summed E-state index contributed by atoms with van der Waals surface area (Å²) in [4.78, 5) is 10.2. The van der Waals surface area contributed by atoms with Crippen LogP contribution in [0.1, 0.15) is 0 Å². The molecule has 5 aromatic heterocycles. The largest absolute Gasteiger partial charge is 0.309 e. The Bertz CT molecular complexity index is 2760. The zero-order chi connectivity index (χ0) is 28.5. The van der Waals surface area contributed by atoms with Gasteiger partial charge in [-0.15, -0.1) is 0 Å². The number of hydrogen-bond donors (Lipinski definition) is 0. The molecule has 6 nitrogen and oxygen atoms in total.